The molecule has 2 bridgehead atoms. The second-order valence-corrected chi connectivity index (χ2v) is 9.99. The second kappa shape index (κ2) is 9.80. The molecule has 9 heteroatoms. The first-order valence-corrected chi connectivity index (χ1v) is 11.9. The van der Waals surface area contributed by atoms with Crippen LogP contribution in [-0.4, -0.2) is 51.1 Å². The van der Waals surface area contributed by atoms with Gasteiger partial charge >= 0.3 is 0 Å². The fourth-order valence-corrected chi connectivity index (χ4v) is 5.86. The summed E-state index contributed by atoms with van der Waals surface area (Å²) in [6.07, 6.45) is 9.19. The number of nitrogens with one attached hydrogen (secondary N) is 1. The molecule has 1 saturated carbocycles. The zero-order valence-electron chi connectivity index (χ0n) is 18.8. The number of hydrogen-bond acceptors (Lipinski definition) is 4. The summed E-state index contributed by atoms with van der Waals surface area (Å²) >= 11 is 0. The van der Waals surface area contributed by atoms with Crippen molar-refractivity contribution in [3.05, 3.63) is 40.6 Å². The van der Waals surface area contributed by atoms with Crippen LogP contribution in [0, 0.1) is 17.8 Å². The van der Waals surface area contributed by atoms with Crippen molar-refractivity contribution in [3.63, 3.8) is 0 Å². The summed E-state index contributed by atoms with van der Waals surface area (Å²) < 4.78 is 4.16. The summed E-state index contributed by atoms with van der Waals surface area (Å²) in [7, 11) is 0. The molecule has 7 nitrogen and oxygen atoms in total. The summed E-state index contributed by atoms with van der Waals surface area (Å²) in [5.41, 5.74) is 1.98. The van der Waals surface area contributed by atoms with Gasteiger partial charge in [0.2, 0.25) is 5.91 Å². The first-order chi connectivity index (χ1) is 15.2. The lowest BCUT2D eigenvalue weighted by molar-refractivity contribution is -0.134. The van der Waals surface area contributed by atoms with Crippen LogP contribution in [0.5, 0.6) is 0 Å². The third-order valence-corrected chi connectivity index (χ3v) is 7.77. The highest BCUT2D eigenvalue weighted by molar-refractivity contribution is 5.85. The van der Waals surface area contributed by atoms with E-state index in [2.05, 4.69) is 25.8 Å². The van der Waals surface area contributed by atoms with E-state index in [0.29, 0.717) is 35.1 Å². The standard InChI is InChI=1S/C24H31N5O2.2ClH/c30-23(18-1-2-18)27-8-5-16(6-9-27)14-28-10-7-26-22(28)20-3-4-21-19-11-17(12-25-13-19)15-29(21)24(20)31;;/h3-4,7,10,16-19,25H,1-2,5-6,8-9,11-15H2;2*1H/t17-,19+;;/m0../s1. The van der Waals surface area contributed by atoms with Crippen LogP contribution in [0.4, 0.5) is 0 Å². The minimum Gasteiger partial charge on any atom is -0.342 e. The van der Waals surface area contributed by atoms with Crippen molar-refractivity contribution >= 4 is 30.7 Å². The molecule has 2 atom stereocenters. The van der Waals surface area contributed by atoms with Gasteiger partial charge in [0.05, 0.1) is 5.56 Å². The first kappa shape index (κ1) is 24.3. The van der Waals surface area contributed by atoms with E-state index in [1.807, 2.05) is 23.0 Å². The zero-order valence-corrected chi connectivity index (χ0v) is 20.5. The van der Waals surface area contributed by atoms with E-state index in [1.54, 1.807) is 0 Å². The maximum Gasteiger partial charge on any atom is 0.261 e. The predicted molar refractivity (Wildman–Crippen MR) is 132 cm³/mol. The van der Waals surface area contributed by atoms with Crippen LogP contribution in [0.3, 0.4) is 0 Å². The Morgan fingerprint density at radius 3 is 2.64 bits per heavy atom. The fraction of sp³-hybridized carbons (Fsp3) is 0.625. The molecule has 0 aromatic carbocycles. The molecule has 3 aliphatic heterocycles. The lowest BCUT2D eigenvalue weighted by Gasteiger charge is -2.37. The lowest BCUT2D eigenvalue weighted by Crippen LogP contribution is -2.45. The summed E-state index contributed by atoms with van der Waals surface area (Å²) in [6.45, 7) is 5.36. The Bertz CT molecular complexity index is 1060. The number of fused-ring (bicyclic) bond motifs is 4. The third-order valence-electron chi connectivity index (χ3n) is 7.77. The first-order valence-electron chi connectivity index (χ1n) is 11.9. The highest BCUT2D eigenvalue weighted by Crippen LogP contribution is 2.34. The van der Waals surface area contributed by atoms with Gasteiger partial charge in [-0.15, -0.1) is 24.8 Å². The normalized spacial score (nSPS) is 24.4. The van der Waals surface area contributed by atoms with E-state index in [9.17, 15) is 9.59 Å². The summed E-state index contributed by atoms with van der Waals surface area (Å²) in [5, 5.41) is 3.51. The van der Waals surface area contributed by atoms with Gasteiger partial charge in [-0.25, -0.2) is 4.98 Å². The highest BCUT2D eigenvalue weighted by Gasteiger charge is 2.35. The maximum atomic E-state index is 13.4. The molecule has 0 spiro atoms. The van der Waals surface area contributed by atoms with Gasteiger partial charge in [0.15, 0.2) is 0 Å². The summed E-state index contributed by atoms with van der Waals surface area (Å²) in [6, 6.07) is 4.13. The zero-order chi connectivity index (χ0) is 20.9. The number of rotatable bonds is 4. The van der Waals surface area contributed by atoms with Crippen molar-refractivity contribution in [2.75, 3.05) is 26.2 Å². The molecule has 2 aromatic rings. The molecule has 0 radical (unpaired) electrons. The Hall–Kier alpha value is -1.83. The average molecular weight is 494 g/mol. The molecule has 6 rings (SSSR count). The molecule has 1 aliphatic carbocycles. The molecule has 0 unspecified atom stereocenters. The van der Waals surface area contributed by atoms with Crippen LogP contribution in [0.15, 0.2) is 29.3 Å². The Morgan fingerprint density at radius 1 is 1.09 bits per heavy atom. The fourth-order valence-electron chi connectivity index (χ4n) is 5.86. The van der Waals surface area contributed by atoms with Crippen molar-refractivity contribution in [1.29, 1.82) is 0 Å². The largest absolute Gasteiger partial charge is 0.342 e. The van der Waals surface area contributed by atoms with Gasteiger partial charge in [-0.3, -0.25) is 9.59 Å². The van der Waals surface area contributed by atoms with E-state index in [-0.39, 0.29) is 30.4 Å². The molecule has 2 aromatic heterocycles. The number of likely N-dealkylation sites (tertiary alicyclic amines) is 1. The topological polar surface area (TPSA) is 72.2 Å². The average Bonchev–Trinajstić information content (AvgIpc) is 3.55. The molecule has 4 aliphatic rings. The van der Waals surface area contributed by atoms with E-state index in [4.69, 9.17) is 0 Å². The smallest absolute Gasteiger partial charge is 0.261 e. The van der Waals surface area contributed by atoms with E-state index < -0.39 is 0 Å². The van der Waals surface area contributed by atoms with Crippen LogP contribution in [0.2, 0.25) is 0 Å². The lowest BCUT2D eigenvalue weighted by atomic mass is 9.84. The molecule has 180 valence electrons. The van der Waals surface area contributed by atoms with Crippen LogP contribution >= 0.6 is 24.8 Å². The van der Waals surface area contributed by atoms with Gasteiger partial charge in [-0.2, -0.15) is 0 Å². The molecular formula is C24H33Cl2N5O2. The number of piperidine rings is 2. The summed E-state index contributed by atoms with van der Waals surface area (Å²) in [4.78, 5) is 32.4. The molecule has 33 heavy (non-hydrogen) atoms. The molecule has 3 fully saturated rings. The van der Waals surface area contributed by atoms with Crippen molar-refractivity contribution in [2.45, 2.75) is 51.1 Å². The predicted octanol–water partition coefficient (Wildman–Crippen LogP) is 2.91. The SMILES string of the molecule is Cl.Cl.O=C(C1CC1)N1CCC(Cn2ccnc2-c2ccc3n(c2=O)C[C@@H]2CNC[C@H]3C2)CC1. The number of carbonyl (C=O) groups excluding carboxylic acids is 1. The van der Waals surface area contributed by atoms with Gasteiger partial charge in [0.25, 0.3) is 5.56 Å². The number of hydrogen-bond donors (Lipinski definition) is 1. The van der Waals surface area contributed by atoms with Crippen LogP contribution < -0.4 is 10.9 Å². The molecular weight excluding hydrogens is 461 g/mol. The molecule has 1 N–H and O–H groups in total. The number of imidazole rings is 1. The second-order valence-electron chi connectivity index (χ2n) is 9.99. The Kier molecular flexibility index (Phi) is 7.22. The highest BCUT2D eigenvalue weighted by atomic mass is 35.5. The third kappa shape index (κ3) is 4.60. The minimum atomic E-state index is 0. The van der Waals surface area contributed by atoms with Crippen LogP contribution in [-0.2, 0) is 17.9 Å². The minimum absolute atomic E-state index is 0. The van der Waals surface area contributed by atoms with Gasteiger partial charge in [0, 0.05) is 62.6 Å². The molecule has 1 amide bonds. The Morgan fingerprint density at radius 2 is 1.88 bits per heavy atom. The number of nitrogens with zero attached hydrogens (tertiary/aromatic N) is 4. The van der Waals surface area contributed by atoms with E-state index >= 15 is 0 Å². The monoisotopic (exact) mass is 493 g/mol. The van der Waals surface area contributed by atoms with Gasteiger partial charge < -0.3 is 19.4 Å². The molecule has 2 saturated heterocycles. The van der Waals surface area contributed by atoms with Crippen molar-refractivity contribution < 1.29 is 4.79 Å². The van der Waals surface area contributed by atoms with Crippen LogP contribution in [0.25, 0.3) is 11.4 Å². The van der Waals surface area contributed by atoms with Crippen molar-refractivity contribution in [1.82, 2.24) is 24.3 Å². The van der Waals surface area contributed by atoms with Crippen LogP contribution in [0.1, 0.15) is 43.7 Å². The maximum absolute atomic E-state index is 13.4. The Balaban J connectivity index is 0.00000130. The van der Waals surface area contributed by atoms with Crippen molar-refractivity contribution in [3.8, 4) is 11.4 Å². The number of pyridine rings is 1. The van der Waals surface area contributed by atoms with E-state index in [0.717, 1.165) is 70.8 Å². The number of carbonyl (C=O) groups is 1. The number of amides is 1. The van der Waals surface area contributed by atoms with Gasteiger partial charge in [0.1, 0.15) is 5.82 Å². The van der Waals surface area contributed by atoms with Crippen molar-refractivity contribution in [2.24, 2.45) is 17.8 Å². The van der Waals surface area contributed by atoms with Gasteiger partial charge in [-0.1, -0.05) is 0 Å². The quantitative estimate of drug-likeness (QED) is 0.710. The van der Waals surface area contributed by atoms with Gasteiger partial charge in [-0.05, 0) is 62.6 Å². The Labute approximate surface area is 206 Å². The number of aromatic nitrogens is 3. The van der Waals surface area contributed by atoms with E-state index in [1.165, 1.54) is 12.1 Å². The molecule has 5 heterocycles. The number of halogens is 2. The summed E-state index contributed by atoms with van der Waals surface area (Å²) in [5.74, 6) is 2.96.